The third kappa shape index (κ3) is 5.00. The Kier molecular flexibility index (Phi) is 6.44. The van der Waals surface area contributed by atoms with Crippen LogP contribution in [0.3, 0.4) is 0 Å². The average molecular weight is 265 g/mol. The molecule has 1 heterocycles. The van der Waals surface area contributed by atoms with Crippen LogP contribution in [0.5, 0.6) is 0 Å². The van der Waals surface area contributed by atoms with Gasteiger partial charge in [-0.25, -0.2) is 0 Å². The Morgan fingerprint density at radius 1 is 1.37 bits per heavy atom. The van der Waals surface area contributed by atoms with Gasteiger partial charge in [0, 0.05) is 19.3 Å². The molecule has 104 valence electrons. The van der Waals surface area contributed by atoms with Gasteiger partial charge in [-0.05, 0) is 26.2 Å². The number of nitrogens with zero attached hydrogens (tertiary/aromatic N) is 2. The van der Waals surface area contributed by atoms with Gasteiger partial charge in [-0.15, -0.1) is 0 Å². The van der Waals surface area contributed by atoms with Gasteiger partial charge in [-0.2, -0.15) is 5.26 Å². The largest absolute Gasteiger partial charge is 0.465 e. The normalized spacial score (nSPS) is 15.6. The molecule has 1 rings (SSSR count). The number of amides is 1. The fraction of sp³-hybridized carbons (Fsp3) is 0.615. The van der Waals surface area contributed by atoms with E-state index in [0.29, 0.717) is 19.7 Å². The number of ether oxygens (including phenoxy) is 1. The Labute approximate surface area is 113 Å². The topological polar surface area (TPSA) is 82.4 Å². The van der Waals surface area contributed by atoms with Crippen LogP contribution in [-0.2, 0) is 14.3 Å². The lowest BCUT2D eigenvalue weighted by molar-refractivity contribution is -0.141. The zero-order valence-corrected chi connectivity index (χ0v) is 11.1. The zero-order valence-electron chi connectivity index (χ0n) is 11.1. The quantitative estimate of drug-likeness (QED) is 0.446. The Hall–Kier alpha value is -2.03. The van der Waals surface area contributed by atoms with Gasteiger partial charge >= 0.3 is 5.97 Å². The van der Waals surface area contributed by atoms with E-state index in [4.69, 9.17) is 10.00 Å². The van der Waals surface area contributed by atoms with Crippen LogP contribution in [0.1, 0.15) is 26.2 Å². The molecule has 0 radical (unpaired) electrons. The van der Waals surface area contributed by atoms with Crippen molar-refractivity contribution in [3.05, 3.63) is 11.8 Å². The van der Waals surface area contributed by atoms with Crippen LogP contribution in [0.25, 0.3) is 0 Å². The van der Waals surface area contributed by atoms with Crippen LogP contribution in [0, 0.1) is 11.3 Å². The van der Waals surface area contributed by atoms with E-state index in [-0.39, 0.29) is 18.0 Å². The lowest BCUT2D eigenvalue weighted by Gasteiger charge is -2.26. The second-order valence-corrected chi connectivity index (χ2v) is 4.21. The summed E-state index contributed by atoms with van der Waals surface area (Å²) in [6, 6.07) is 1.86. The van der Waals surface area contributed by atoms with E-state index in [1.54, 1.807) is 11.8 Å². The van der Waals surface area contributed by atoms with E-state index >= 15 is 0 Å². The van der Waals surface area contributed by atoms with E-state index in [0.717, 1.165) is 19.3 Å². The molecule has 0 bridgehead atoms. The molecular formula is C13H19N3O3. The van der Waals surface area contributed by atoms with E-state index in [9.17, 15) is 9.59 Å². The molecule has 0 aliphatic carbocycles. The van der Waals surface area contributed by atoms with Crippen LogP contribution in [0.15, 0.2) is 11.8 Å². The predicted molar refractivity (Wildman–Crippen MR) is 68.8 cm³/mol. The van der Waals surface area contributed by atoms with Crippen LogP contribution in [0.2, 0.25) is 0 Å². The van der Waals surface area contributed by atoms with Crippen molar-refractivity contribution in [3.8, 4) is 6.07 Å². The molecule has 0 aromatic rings. The highest BCUT2D eigenvalue weighted by atomic mass is 16.5. The SMILES string of the molecule is CCOC(=O)CN/C=C(/C#N)C(=O)N1CCCCC1. The summed E-state index contributed by atoms with van der Waals surface area (Å²) in [5.74, 6) is -0.694. The molecule has 1 amide bonds. The smallest absolute Gasteiger partial charge is 0.325 e. The van der Waals surface area contributed by atoms with Crippen LogP contribution in [0.4, 0.5) is 0 Å². The van der Waals surface area contributed by atoms with Gasteiger partial charge in [0.1, 0.15) is 18.2 Å². The van der Waals surface area contributed by atoms with Gasteiger partial charge in [0.05, 0.1) is 6.61 Å². The van der Waals surface area contributed by atoms with Gasteiger partial charge in [0.15, 0.2) is 0 Å². The Morgan fingerprint density at radius 2 is 2.05 bits per heavy atom. The summed E-state index contributed by atoms with van der Waals surface area (Å²) < 4.78 is 4.73. The van der Waals surface area contributed by atoms with E-state index in [1.165, 1.54) is 6.20 Å². The maximum atomic E-state index is 12.0. The molecule has 6 heteroatoms. The van der Waals surface area contributed by atoms with Gasteiger partial charge in [-0.3, -0.25) is 9.59 Å². The number of nitrogens with one attached hydrogen (secondary N) is 1. The Morgan fingerprint density at radius 3 is 2.63 bits per heavy atom. The molecule has 1 N–H and O–H groups in total. The highest BCUT2D eigenvalue weighted by molar-refractivity contribution is 5.97. The highest BCUT2D eigenvalue weighted by Gasteiger charge is 2.20. The number of hydrogen-bond acceptors (Lipinski definition) is 5. The fourth-order valence-corrected chi connectivity index (χ4v) is 1.86. The molecule has 0 aromatic heterocycles. The molecule has 0 aromatic carbocycles. The van der Waals surface area contributed by atoms with E-state index in [1.807, 2.05) is 6.07 Å². The summed E-state index contributed by atoms with van der Waals surface area (Å²) in [7, 11) is 0. The summed E-state index contributed by atoms with van der Waals surface area (Å²) in [6.45, 7) is 3.36. The van der Waals surface area contributed by atoms with Gasteiger partial charge in [0.25, 0.3) is 5.91 Å². The number of rotatable bonds is 5. The number of carbonyl (C=O) groups is 2. The first-order chi connectivity index (χ1) is 9.19. The van der Waals surface area contributed by atoms with E-state index in [2.05, 4.69) is 5.32 Å². The van der Waals surface area contributed by atoms with Crippen molar-refractivity contribution in [2.24, 2.45) is 0 Å². The molecule has 19 heavy (non-hydrogen) atoms. The molecule has 0 saturated carbocycles. The van der Waals surface area contributed by atoms with Crippen molar-refractivity contribution in [1.82, 2.24) is 10.2 Å². The summed E-state index contributed by atoms with van der Waals surface area (Å²) in [5, 5.41) is 11.6. The van der Waals surface area contributed by atoms with Crippen molar-refractivity contribution in [1.29, 1.82) is 5.26 Å². The third-order valence-corrected chi connectivity index (χ3v) is 2.79. The number of carbonyl (C=O) groups excluding carboxylic acids is 2. The van der Waals surface area contributed by atoms with Crippen LogP contribution >= 0.6 is 0 Å². The minimum atomic E-state index is -0.415. The molecule has 1 aliphatic heterocycles. The molecule has 6 nitrogen and oxygen atoms in total. The summed E-state index contributed by atoms with van der Waals surface area (Å²) in [6.07, 6.45) is 4.35. The number of likely N-dealkylation sites (tertiary alicyclic amines) is 1. The second-order valence-electron chi connectivity index (χ2n) is 4.21. The van der Waals surface area contributed by atoms with E-state index < -0.39 is 5.97 Å². The molecule has 1 fully saturated rings. The zero-order chi connectivity index (χ0) is 14.1. The summed E-state index contributed by atoms with van der Waals surface area (Å²) >= 11 is 0. The fourth-order valence-electron chi connectivity index (χ4n) is 1.86. The molecule has 0 unspecified atom stereocenters. The maximum Gasteiger partial charge on any atom is 0.325 e. The lowest BCUT2D eigenvalue weighted by Crippen LogP contribution is -2.36. The molecule has 1 saturated heterocycles. The summed E-state index contributed by atoms with van der Waals surface area (Å²) in [5.41, 5.74) is 0.0196. The van der Waals surface area contributed by atoms with Gasteiger partial charge in [0.2, 0.25) is 0 Å². The Bertz CT molecular complexity index is 392. The van der Waals surface area contributed by atoms with Crippen molar-refractivity contribution in [3.63, 3.8) is 0 Å². The standard InChI is InChI=1S/C13H19N3O3/c1-2-19-12(17)10-15-9-11(8-14)13(18)16-6-4-3-5-7-16/h9,15H,2-7,10H2,1H3/b11-9-. The predicted octanol–water partition coefficient (Wildman–Crippen LogP) is 0.559. The van der Waals surface area contributed by atoms with Crippen molar-refractivity contribution in [2.45, 2.75) is 26.2 Å². The molecule has 0 atom stereocenters. The van der Waals surface area contributed by atoms with Crippen molar-refractivity contribution < 1.29 is 14.3 Å². The van der Waals surface area contributed by atoms with Crippen molar-refractivity contribution >= 4 is 11.9 Å². The second kappa shape index (κ2) is 8.14. The first-order valence-electron chi connectivity index (χ1n) is 6.47. The third-order valence-electron chi connectivity index (χ3n) is 2.79. The number of esters is 1. The number of nitriles is 1. The Balaban J connectivity index is 2.49. The van der Waals surface area contributed by atoms with Crippen LogP contribution in [-0.4, -0.2) is 43.0 Å². The lowest BCUT2D eigenvalue weighted by atomic mass is 10.1. The monoisotopic (exact) mass is 265 g/mol. The first kappa shape index (κ1) is 15.0. The van der Waals surface area contributed by atoms with Gasteiger partial charge in [-0.1, -0.05) is 0 Å². The van der Waals surface area contributed by atoms with Gasteiger partial charge < -0.3 is 15.0 Å². The van der Waals surface area contributed by atoms with Crippen molar-refractivity contribution in [2.75, 3.05) is 26.2 Å². The minimum absolute atomic E-state index is 0.0196. The summed E-state index contributed by atoms with van der Waals surface area (Å²) in [4.78, 5) is 24.8. The van der Waals surface area contributed by atoms with Crippen LogP contribution < -0.4 is 5.32 Å². The minimum Gasteiger partial charge on any atom is -0.465 e. The highest BCUT2D eigenvalue weighted by Crippen LogP contribution is 2.11. The first-order valence-corrected chi connectivity index (χ1v) is 6.47. The number of hydrogen-bond donors (Lipinski definition) is 1. The molecule has 1 aliphatic rings. The maximum absolute atomic E-state index is 12.0. The molecule has 0 spiro atoms. The molecular weight excluding hydrogens is 246 g/mol. The average Bonchev–Trinajstić information content (AvgIpc) is 2.44. The number of piperidine rings is 1.